The van der Waals surface area contributed by atoms with Gasteiger partial charge in [-0.25, -0.2) is 4.79 Å². The van der Waals surface area contributed by atoms with E-state index in [4.69, 9.17) is 14.6 Å². The van der Waals surface area contributed by atoms with E-state index < -0.39 is 5.97 Å². The second-order valence-electron chi connectivity index (χ2n) is 4.68. The van der Waals surface area contributed by atoms with Gasteiger partial charge >= 0.3 is 5.97 Å². The topological polar surface area (TPSA) is 94.2 Å². The molecule has 1 aromatic heterocycles. The second kappa shape index (κ2) is 6.53. The molecule has 1 saturated heterocycles. The molecule has 0 spiro atoms. The number of carboxylic acid groups (broad SMARTS) is 1. The summed E-state index contributed by atoms with van der Waals surface area (Å²) in [7, 11) is 0. The maximum absolute atomic E-state index is 12.2. The van der Waals surface area contributed by atoms with Crippen LogP contribution in [0.3, 0.4) is 0 Å². The van der Waals surface area contributed by atoms with Crippen molar-refractivity contribution in [3.05, 3.63) is 23.7 Å². The Kier molecular flexibility index (Phi) is 4.75. The zero-order chi connectivity index (χ0) is 14.5. The van der Waals surface area contributed by atoms with Crippen LogP contribution in [0.5, 0.6) is 0 Å². The Balaban J connectivity index is 1.99. The Morgan fingerprint density at radius 2 is 1.90 bits per heavy atom. The molecule has 0 aromatic carbocycles. The van der Waals surface area contributed by atoms with Crippen molar-refractivity contribution in [3.8, 4) is 0 Å². The molecule has 1 fully saturated rings. The van der Waals surface area contributed by atoms with Crippen molar-refractivity contribution in [3.63, 3.8) is 0 Å². The first-order valence-electron chi connectivity index (χ1n) is 6.57. The predicted molar refractivity (Wildman–Crippen MR) is 69.7 cm³/mol. The van der Waals surface area contributed by atoms with Crippen molar-refractivity contribution >= 4 is 11.9 Å². The fourth-order valence-electron chi connectivity index (χ4n) is 2.26. The summed E-state index contributed by atoms with van der Waals surface area (Å²) in [6.07, 6.45) is 0.818. The molecule has 1 aromatic rings. The van der Waals surface area contributed by atoms with Gasteiger partial charge in [0.15, 0.2) is 5.76 Å². The summed E-state index contributed by atoms with van der Waals surface area (Å²) in [6, 6.07) is 2.67. The zero-order valence-corrected chi connectivity index (χ0v) is 11.1. The third-order valence-electron chi connectivity index (χ3n) is 3.32. The van der Waals surface area contributed by atoms with Gasteiger partial charge in [-0.15, -0.1) is 0 Å². The van der Waals surface area contributed by atoms with Crippen LogP contribution in [-0.2, 0) is 0 Å². The number of carbonyl (C=O) groups is 2. The SMILES string of the molecule is O=C(O)c1ccc(C(=O)N2CCCN(CCO)CC2)o1. The Bertz CT molecular complexity index is 485. The van der Waals surface area contributed by atoms with Gasteiger partial charge in [-0.1, -0.05) is 0 Å². The third-order valence-corrected chi connectivity index (χ3v) is 3.32. The minimum Gasteiger partial charge on any atom is -0.475 e. The molecule has 0 saturated carbocycles. The number of carbonyl (C=O) groups excluding carboxylic acids is 1. The van der Waals surface area contributed by atoms with Crippen molar-refractivity contribution in [1.82, 2.24) is 9.80 Å². The summed E-state index contributed by atoms with van der Waals surface area (Å²) in [4.78, 5) is 26.7. The summed E-state index contributed by atoms with van der Waals surface area (Å²) < 4.78 is 5.03. The number of nitrogens with zero attached hydrogens (tertiary/aromatic N) is 2. The maximum atomic E-state index is 12.2. The van der Waals surface area contributed by atoms with Crippen LogP contribution in [-0.4, -0.2) is 71.2 Å². The lowest BCUT2D eigenvalue weighted by atomic mass is 10.3. The van der Waals surface area contributed by atoms with Crippen LogP contribution >= 0.6 is 0 Å². The lowest BCUT2D eigenvalue weighted by molar-refractivity contribution is 0.0650. The normalized spacial score (nSPS) is 16.9. The number of β-amino-alcohol motifs (C(OH)–C–C–N with tert-alkyl or cyclic N) is 1. The van der Waals surface area contributed by atoms with Gasteiger partial charge in [-0.3, -0.25) is 9.69 Å². The van der Waals surface area contributed by atoms with E-state index in [-0.39, 0.29) is 24.0 Å². The number of aliphatic hydroxyl groups excluding tert-OH is 1. The van der Waals surface area contributed by atoms with Crippen molar-refractivity contribution in [2.45, 2.75) is 6.42 Å². The summed E-state index contributed by atoms with van der Waals surface area (Å²) in [5.74, 6) is -1.65. The fourth-order valence-corrected chi connectivity index (χ4v) is 2.26. The number of aliphatic hydroxyl groups is 1. The fraction of sp³-hybridized carbons (Fsp3) is 0.538. The minimum absolute atomic E-state index is 0.0537. The number of hydrogen-bond donors (Lipinski definition) is 2. The molecule has 1 aliphatic heterocycles. The van der Waals surface area contributed by atoms with Gasteiger partial charge in [0.25, 0.3) is 5.91 Å². The molecule has 0 atom stereocenters. The molecule has 0 unspecified atom stereocenters. The number of carboxylic acids is 1. The smallest absolute Gasteiger partial charge is 0.371 e. The van der Waals surface area contributed by atoms with Crippen LogP contribution in [0, 0.1) is 0 Å². The monoisotopic (exact) mass is 282 g/mol. The average Bonchev–Trinajstić information content (AvgIpc) is 2.80. The molecule has 2 heterocycles. The van der Waals surface area contributed by atoms with Crippen molar-refractivity contribution in [2.24, 2.45) is 0 Å². The standard InChI is InChI=1S/C13H18N2O5/c16-9-8-14-4-1-5-15(7-6-14)12(17)10-2-3-11(20-10)13(18)19/h2-3,16H,1,4-9H2,(H,18,19). The van der Waals surface area contributed by atoms with E-state index >= 15 is 0 Å². The molecule has 0 radical (unpaired) electrons. The van der Waals surface area contributed by atoms with Crippen LogP contribution in [0.4, 0.5) is 0 Å². The molecule has 2 N–H and O–H groups in total. The summed E-state index contributed by atoms with van der Waals surface area (Å²) in [5.41, 5.74) is 0. The molecule has 1 amide bonds. The van der Waals surface area contributed by atoms with Gasteiger partial charge in [-0.05, 0) is 25.1 Å². The average molecular weight is 282 g/mol. The molecule has 20 heavy (non-hydrogen) atoms. The predicted octanol–water partition coefficient (Wildman–Crippen LogP) is 0.118. The molecule has 2 rings (SSSR count). The lowest BCUT2D eigenvalue weighted by Crippen LogP contribution is -2.35. The molecule has 0 aliphatic carbocycles. The first kappa shape index (κ1) is 14.5. The van der Waals surface area contributed by atoms with Gasteiger partial charge in [0.05, 0.1) is 6.61 Å². The summed E-state index contributed by atoms with van der Waals surface area (Å²) in [5, 5.41) is 17.7. The highest BCUT2D eigenvalue weighted by atomic mass is 16.4. The second-order valence-corrected chi connectivity index (χ2v) is 4.68. The quantitative estimate of drug-likeness (QED) is 0.814. The molecule has 1 aliphatic rings. The Morgan fingerprint density at radius 3 is 2.55 bits per heavy atom. The first-order chi connectivity index (χ1) is 9.61. The number of amides is 1. The van der Waals surface area contributed by atoms with Gasteiger partial charge in [0, 0.05) is 26.2 Å². The first-order valence-corrected chi connectivity index (χ1v) is 6.57. The van der Waals surface area contributed by atoms with Gasteiger partial charge < -0.3 is 19.5 Å². The molecule has 7 heteroatoms. The molecular weight excluding hydrogens is 264 g/mol. The largest absolute Gasteiger partial charge is 0.475 e. The minimum atomic E-state index is -1.19. The molecule has 7 nitrogen and oxygen atoms in total. The zero-order valence-electron chi connectivity index (χ0n) is 11.1. The van der Waals surface area contributed by atoms with Gasteiger partial charge in [-0.2, -0.15) is 0 Å². The number of rotatable bonds is 4. The number of furan rings is 1. The highest BCUT2D eigenvalue weighted by Gasteiger charge is 2.23. The molecular formula is C13H18N2O5. The van der Waals surface area contributed by atoms with E-state index in [1.807, 2.05) is 0 Å². The van der Waals surface area contributed by atoms with Crippen molar-refractivity contribution in [1.29, 1.82) is 0 Å². The van der Waals surface area contributed by atoms with E-state index in [0.717, 1.165) is 13.0 Å². The van der Waals surface area contributed by atoms with Crippen LogP contribution in [0.1, 0.15) is 27.5 Å². The van der Waals surface area contributed by atoms with Gasteiger partial charge in [0.2, 0.25) is 5.76 Å². The van der Waals surface area contributed by atoms with Crippen LogP contribution in [0.2, 0.25) is 0 Å². The van der Waals surface area contributed by atoms with Gasteiger partial charge in [0.1, 0.15) is 0 Å². The molecule has 0 bridgehead atoms. The molecule has 110 valence electrons. The number of aromatic carboxylic acids is 1. The van der Waals surface area contributed by atoms with E-state index in [0.29, 0.717) is 26.2 Å². The number of hydrogen-bond acceptors (Lipinski definition) is 5. The highest BCUT2D eigenvalue weighted by Crippen LogP contribution is 2.13. The van der Waals surface area contributed by atoms with Crippen LogP contribution in [0.15, 0.2) is 16.5 Å². The van der Waals surface area contributed by atoms with E-state index in [9.17, 15) is 9.59 Å². The Hall–Kier alpha value is -1.86. The Morgan fingerprint density at radius 1 is 1.15 bits per heavy atom. The van der Waals surface area contributed by atoms with Crippen LogP contribution in [0.25, 0.3) is 0 Å². The van der Waals surface area contributed by atoms with E-state index in [1.165, 1.54) is 12.1 Å². The van der Waals surface area contributed by atoms with Crippen LogP contribution < -0.4 is 0 Å². The summed E-state index contributed by atoms with van der Waals surface area (Å²) in [6.45, 7) is 3.38. The van der Waals surface area contributed by atoms with E-state index in [2.05, 4.69) is 4.90 Å². The van der Waals surface area contributed by atoms with Crippen molar-refractivity contribution < 1.29 is 24.2 Å². The van der Waals surface area contributed by atoms with E-state index in [1.54, 1.807) is 4.90 Å². The third kappa shape index (κ3) is 3.37. The lowest BCUT2D eigenvalue weighted by Gasteiger charge is -2.20. The highest BCUT2D eigenvalue weighted by molar-refractivity contribution is 5.93. The Labute approximate surface area is 116 Å². The van der Waals surface area contributed by atoms with Crippen molar-refractivity contribution in [2.75, 3.05) is 39.3 Å². The maximum Gasteiger partial charge on any atom is 0.371 e. The summed E-state index contributed by atoms with van der Waals surface area (Å²) >= 11 is 0.